The quantitative estimate of drug-likeness (QED) is 0.632. The van der Waals surface area contributed by atoms with Gasteiger partial charge in [-0.2, -0.15) is 0 Å². The largest absolute Gasteiger partial charge is 0.250 e. The highest BCUT2D eigenvalue weighted by Crippen LogP contribution is 2.04. The molecule has 0 saturated heterocycles. The molecule has 0 aliphatic rings. The summed E-state index contributed by atoms with van der Waals surface area (Å²) in [6, 6.07) is 0. The van der Waals surface area contributed by atoms with Crippen molar-refractivity contribution in [3.8, 4) is 0 Å². The van der Waals surface area contributed by atoms with E-state index in [2.05, 4.69) is 11.9 Å². The summed E-state index contributed by atoms with van der Waals surface area (Å²) in [6.45, 7) is 2.16. The van der Waals surface area contributed by atoms with Gasteiger partial charge >= 0.3 is 0 Å². The summed E-state index contributed by atoms with van der Waals surface area (Å²) in [5.41, 5.74) is 1.52. The highest BCUT2D eigenvalue weighted by Gasteiger charge is 1.90. The van der Waals surface area contributed by atoms with E-state index in [-0.39, 0.29) is 0 Å². The Bertz CT molecular complexity index is 197. The number of thiazole rings is 1. The first-order valence-corrected chi connectivity index (χ1v) is 4.12. The Labute approximate surface area is 61.2 Å². The number of hydrogen-bond donors (Lipinski definition) is 0. The maximum Gasteiger partial charge on any atom is 0.0960 e. The molecule has 0 unspecified atom stereocenters. The van der Waals surface area contributed by atoms with Gasteiger partial charge in [0.15, 0.2) is 0 Å². The molecule has 0 aliphatic carbocycles. The Kier molecular flexibility index (Phi) is 2.18. The highest BCUT2D eigenvalue weighted by atomic mass is 32.1. The number of nitrogens with zero attached hydrogens (tertiary/aromatic N) is 1. The zero-order chi connectivity index (χ0) is 7.40. The summed E-state index contributed by atoms with van der Waals surface area (Å²) in [4.78, 5) is 4.03. The van der Waals surface area contributed by atoms with Gasteiger partial charge in [0.05, 0.1) is 12.6 Å². The lowest BCUT2D eigenvalue weighted by molar-refractivity contribution is 0.781. The van der Waals surface area contributed by atoms with Crippen LogP contribution in [-0.2, 0) is 6.42 Å². The van der Waals surface area contributed by atoms with Gasteiger partial charge in [-0.3, -0.25) is 0 Å². The van der Waals surface area contributed by atoms with Crippen molar-refractivity contribution >= 4 is 11.3 Å². The van der Waals surface area contributed by atoms with Crippen molar-refractivity contribution in [2.75, 3.05) is 0 Å². The first-order chi connectivity index (χ1) is 4.83. The predicted molar refractivity (Wildman–Crippen MR) is 40.7 cm³/mol. The first kappa shape index (κ1) is 5.42. The van der Waals surface area contributed by atoms with E-state index in [0.29, 0.717) is 5.49 Å². The summed E-state index contributed by atoms with van der Waals surface area (Å²) in [5, 5.41) is 1.97. The summed E-state index contributed by atoms with van der Waals surface area (Å²) < 4.78 is 7.16. The Balaban J connectivity index is 2.42. The highest BCUT2D eigenvalue weighted by molar-refractivity contribution is 7.07. The van der Waals surface area contributed by atoms with E-state index in [9.17, 15) is 0 Å². The van der Waals surface area contributed by atoms with E-state index < -0.39 is 0 Å². The molecule has 0 amide bonds. The molecule has 0 aliphatic heterocycles. The summed E-state index contributed by atoms with van der Waals surface area (Å²) in [6.07, 6.45) is 3.42. The maximum absolute atomic E-state index is 7.16. The molecule has 0 N–H and O–H groups in total. The van der Waals surface area contributed by atoms with Crippen LogP contribution in [-0.4, -0.2) is 4.98 Å². The minimum Gasteiger partial charge on any atom is -0.250 e. The van der Waals surface area contributed by atoms with E-state index in [0.717, 1.165) is 12.1 Å². The molecule has 0 fully saturated rings. The van der Waals surface area contributed by atoms with Crippen LogP contribution < -0.4 is 0 Å². The molecule has 50 valence electrons. The third kappa shape index (κ3) is 2.14. The number of aryl methyl sites for hydroxylation is 1. The average molecular weight is 142 g/mol. The Morgan fingerprint density at radius 1 is 1.89 bits per heavy atom. The van der Waals surface area contributed by atoms with Crippen LogP contribution in [0.15, 0.2) is 10.9 Å². The van der Waals surface area contributed by atoms with Crippen LogP contribution in [0.1, 0.15) is 26.8 Å². The Hall–Kier alpha value is -0.370. The molecule has 2 heteroatoms. The molecule has 0 bridgehead atoms. The molecule has 1 nitrogen and oxygen atoms in total. The molecule has 1 rings (SSSR count). The van der Waals surface area contributed by atoms with E-state index >= 15 is 0 Å². The van der Waals surface area contributed by atoms with Crippen LogP contribution in [0.3, 0.4) is 0 Å². The lowest BCUT2D eigenvalue weighted by Gasteiger charge is -1.89. The summed E-state index contributed by atoms with van der Waals surface area (Å²) >= 11 is 1.41. The molecule has 0 spiro atoms. The fourth-order valence-electron chi connectivity index (χ4n) is 0.678. The molecule has 0 aromatic carbocycles. The second-order valence-corrected chi connectivity index (χ2v) is 2.69. The molecule has 1 aromatic heterocycles. The van der Waals surface area contributed by atoms with Crippen LogP contribution in [0.5, 0.6) is 0 Å². The average Bonchev–Trinajstić information content (AvgIpc) is 2.31. The van der Waals surface area contributed by atoms with E-state index in [4.69, 9.17) is 1.37 Å². The minimum absolute atomic E-state index is 0.436. The molecule has 1 aromatic rings. The van der Waals surface area contributed by atoms with Gasteiger partial charge < -0.3 is 0 Å². The second-order valence-electron chi connectivity index (χ2n) is 2.03. The van der Waals surface area contributed by atoms with Crippen LogP contribution in [0.4, 0.5) is 0 Å². The fraction of sp³-hybridized carbons (Fsp3) is 0.571. The fourth-order valence-corrected chi connectivity index (χ4v) is 1.21. The maximum atomic E-state index is 7.16. The van der Waals surface area contributed by atoms with Crippen molar-refractivity contribution in [2.24, 2.45) is 0 Å². The lowest BCUT2D eigenvalue weighted by atomic mass is 10.2. The molecule has 0 atom stereocenters. The standard InChI is InChI=1S/C7H11NS/c1-2-3-4-7-5-9-6-8-7/h5-6H,2-4H2,1H3/i6D. The van der Waals surface area contributed by atoms with Crippen LogP contribution in [0, 0.1) is 0 Å². The van der Waals surface area contributed by atoms with Crippen LogP contribution in [0.2, 0.25) is 0 Å². The number of unbranched alkanes of at least 4 members (excludes halogenated alkanes) is 1. The van der Waals surface area contributed by atoms with Crippen molar-refractivity contribution in [1.29, 1.82) is 0 Å². The third-order valence-electron chi connectivity index (χ3n) is 1.22. The number of hydrogen-bond acceptors (Lipinski definition) is 2. The van der Waals surface area contributed by atoms with Gasteiger partial charge in [-0.05, 0) is 12.8 Å². The molecular weight excluding hydrogens is 130 g/mol. The third-order valence-corrected chi connectivity index (χ3v) is 1.81. The summed E-state index contributed by atoms with van der Waals surface area (Å²) in [7, 11) is 0. The number of aromatic nitrogens is 1. The number of rotatable bonds is 3. The second kappa shape index (κ2) is 3.62. The SMILES string of the molecule is [2H]c1nc(CCCC)cs1. The zero-order valence-corrected chi connectivity index (χ0v) is 6.37. The zero-order valence-electron chi connectivity index (χ0n) is 6.55. The smallest absolute Gasteiger partial charge is 0.0960 e. The van der Waals surface area contributed by atoms with Crippen molar-refractivity contribution in [3.05, 3.63) is 16.6 Å². The van der Waals surface area contributed by atoms with Crippen molar-refractivity contribution in [3.63, 3.8) is 0 Å². The first-order valence-electron chi connectivity index (χ1n) is 3.74. The molecule has 0 radical (unpaired) electrons. The lowest BCUT2D eigenvalue weighted by Crippen LogP contribution is -1.81. The van der Waals surface area contributed by atoms with Crippen molar-refractivity contribution < 1.29 is 1.37 Å². The van der Waals surface area contributed by atoms with E-state index in [1.165, 1.54) is 24.2 Å². The van der Waals surface area contributed by atoms with Crippen LogP contribution >= 0.6 is 11.3 Å². The molecule has 9 heavy (non-hydrogen) atoms. The Morgan fingerprint density at radius 2 is 2.78 bits per heavy atom. The monoisotopic (exact) mass is 142 g/mol. The normalized spacial score (nSPS) is 11.4. The van der Waals surface area contributed by atoms with Gasteiger partial charge in [0.25, 0.3) is 0 Å². The van der Waals surface area contributed by atoms with E-state index in [1.54, 1.807) is 0 Å². The summed E-state index contributed by atoms with van der Waals surface area (Å²) in [5.74, 6) is 0. The van der Waals surface area contributed by atoms with Gasteiger partial charge in [0.2, 0.25) is 0 Å². The van der Waals surface area contributed by atoms with Gasteiger partial charge in [-0.1, -0.05) is 13.3 Å². The van der Waals surface area contributed by atoms with Gasteiger partial charge in [-0.15, -0.1) is 11.3 Å². The topological polar surface area (TPSA) is 12.9 Å². The minimum atomic E-state index is 0.436. The molecule has 0 saturated carbocycles. The van der Waals surface area contributed by atoms with Gasteiger partial charge in [0, 0.05) is 5.38 Å². The van der Waals surface area contributed by atoms with Crippen LogP contribution in [0.25, 0.3) is 0 Å². The van der Waals surface area contributed by atoms with Crippen molar-refractivity contribution in [1.82, 2.24) is 4.98 Å². The van der Waals surface area contributed by atoms with Gasteiger partial charge in [-0.25, -0.2) is 4.98 Å². The molecular formula is C7H11NS. The predicted octanol–water partition coefficient (Wildman–Crippen LogP) is 2.49. The Morgan fingerprint density at radius 3 is 3.33 bits per heavy atom. The van der Waals surface area contributed by atoms with Crippen molar-refractivity contribution in [2.45, 2.75) is 26.2 Å². The van der Waals surface area contributed by atoms with E-state index in [1.807, 2.05) is 5.38 Å². The molecule has 1 heterocycles. The van der Waals surface area contributed by atoms with Gasteiger partial charge in [0.1, 0.15) is 0 Å².